The van der Waals surface area contributed by atoms with Crippen LogP contribution in [0.2, 0.25) is 0 Å². The van der Waals surface area contributed by atoms with Gasteiger partial charge in [0.05, 0.1) is 16.7 Å². The van der Waals surface area contributed by atoms with E-state index in [1.807, 2.05) is 0 Å². The first-order valence-corrected chi connectivity index (χ1v) is 9.10. The minimum atomic E-state index is -1.40. The van der Waals surface area contributed by atoms with Gasteiger partial charge in [-0.1, -0.05) is 0 Å². The summed E-state index contributed by atoms with van der Waals surface area (Å²) in [6, 6.07) is 5.07. The minimum Gasteiger partial charge on any atom is -0.386 e. The second-order valence-corrected chi connectivity index (χ2v) is 7.76. The van der Waals surface area contributed by atoms with E-state index in [2.05, 4.69) is 15.3 Å². The van der Waals surface area contributed by atoms with Crippen molar-refractivity contribution in [1.29, 1.82) is 0 Å². The van der Waals surface area contributed by atoms with Crippen LogP contribution >= 0.6 is 11.3 Å². The zero-order chi connectivity index (χ0) is 20.6. The Balaban J connectivity index is 2.08. The molecule has 3 rings (SSSR count). The molecule has 0 aliphatic rings. The van der Waals surface area contributed by atoms with Crippen LogP contribution in [0.15, 0.2) is 30.5 Å². The van der Waals surface area contributed by atoms with E-state index >= 15 is 0 Å². The Kier molecular flexibility index (Phi) is 5.14. The zero-order valence-electron chi connectivity index (χ0n) is 15.4. The Morgan fingerprint density at radius 2 is 1.89 bits per heavy atom. The molecule has 146 valence electrons. The van der Waals surface area contributed by atoms with Crippen LogP contribution in [0.1, 0.15) is 35.6 Å². The lowest BCUT2D eigenvalue weighted by atomic mass is 9.96. The predicted molar refractivity (Wildman–Crippen MR) is 103 cm³/mol. The highest BCUT2D eigenvalue weighted by Crippen LogP contribution is 2.40. The summed E-state index contributed by atoms with van der Waals surface area (Å²) in [6.07, 6.45) is 1.54. The van der Waals surface area contributed by atoms with E-state index in [4.69, 9.17) is 5.73 Å². The van der Waals surface area contributed by atoms with Gasteiger partial charge in [-0.2, -0.15) is 0 Å². The highest BCUT2D eigenvalue weighted by molar-refractivity contribution is 7.20. The van der Waals surface area contributed by atoms with E-state index in [1.54, 1.807) is 13.0 Å². The third-order valence-corrected chi connectivity index (χ3v) is 5.08. The summed E-state index contributed by atoms with van der Waals surface area (Å²) in [7, 11) is 0. The van der Waals surface area contributed by atoms with E-state index in [-0.39, 0.29) is 21.6 Å². The summed E-state index contributed by atoms with van der Waals surface area (Å²) >= 11 is 0.968. The number of carbonyl (C=O) groups is 1. The van der Waals surface area contributed by atoms with E-state index in [1.165, 1.54) is 26.1 Å². The molecule has 0 atom stereocenters. The maximum absolute atomic E-state index is 14.6. The molecular formula is C19H18F2N4O2S. The average molecular weight is 404 g/mol. The molecule has 2 heterocycles. The Hall–Kier alpha value is -2.91. The van der Waals surface area contributed by atoms with E-state index < -0.39 is 23.1 Å². The molecule has 0 spiro atoms. The molecule has 2 aromatic heterocycles. The molecular weight excluding hydrogens is 386 g/mol. The molecule has 3 aromatic rings. The molecule has 1 aromatic carbocycles. The van der Waals surface area contributed by atoms with Crippen molar-refractivity contribution in [3.63, 3.8) is 0 Å². The summed E-state index contributed by atoms with van der Waals surface area (Å²) in [4.78, 5) is 20.2. The van der Waals surface area contributed by atoms with Crippen LogP contribution < -0.4 is 11.1 Å². The molecule has 6 nitrogen and oxygen atoms in total. The minimum absolute atomic E-state index is 0.0848. The number of aryl methyl sites for hydroxylation is 1. The Bertz CT molecular complexity index is 1040. The molecule has 0 radical (unpaired) electrons. The van der Waals surface area contributed by atoms with Crippen LogP contribution in [-0.2, 0) is 5.60 Å². The van der Waals surface area contributed by atoms with Crippen molar-refractivity contribution in [2.75, 3.05) is 5.32 Å². The number of hydrogen-bond donors (Lipinski definition) is 3. The van der Waals surface area contributed by atoms with Gasteiger partial charge in [-0.15, -0.1) is 11.3 Å². The molecule has 0 bridgehead atoms. The normalized spacial score (nSPS) is 11.5. The van der Waals surface area contributed by atoms with E-state index in [0.717, 1.165) is 23.5 Å². The number of benzene rings is 1. The fourth-order valence-electron chi connectivity index (χ4n) is 2.59. The lowest BCUT2D eigenvalue weighted by Crippen LogP contribution is -2.16. The van der Waals surface area contributed by atoms with Gasteiger partial charge in [-0.25, -0.2) is 18.7 Å². The molecule has 4 N–H and O–H groups in total. The number of hydrogen-bond acceptors (Lipinski definition) is 6. The van der Waals surface area contributed by atoms with Gasteiger partial charge in [-0.05, 0) is 50.6 Å². The number of nitrogens with one attached hydrogen (secondary N) is 1. The standard InChI is InChI=1S/C19H18F2N4O2S/c1-9-23-5-4-15(24-9)25-18-11(17(22)26)8-14(28-18)16-12(20)6-10(7-13(16)21)19(2,3)27/h4-8,27H,1-3H3,(H2,22,26)(H,23,24,25). The van der Waals surface area contributed by atoms with Gasteiger partial charge in [0.15, 0.2) is 0 Å². The van der Waals surface area contributed by atoms with Crippen LogP contribution in [-0.4, -0.2) is 21.0 Å². The van der Waals surface area contributed by atoms with Crippen molar-refractivity contribution >= 4 is 28.1 Å². The molecule has 0 fully saturated rings. The predicted octanol–water partition coefficient (Wildman–Crippen LogP) is 3.86. The van der Waals surface area contributed by atoms with Gasteiger partial charge >= 0.3 is 0 Å². The second kappa shape index (κ2) is 7.25. The van der Waals surface area contributed by atoms with Gasteiger partial charge in [0.2, 0.25) is 0 Å². The highest BCUT2D eigenvalue weighted by atomic mass is 32.1. The number of nitrogens with zero attached hydrogens (tertiary/aromatic N) is 2. The van der Waals surface area contributed by atoms with E-state index in [0.29, 0.717) is 16.6 Å². The van der Waals surface area contributed by atoms with Crippen LogP contribution in [0.25, 0.3) is 10.4 Å². The third-order valence-electron chi connectivity index (χ3n) is 4.01. The molecule has 0 unspecified atom stereocenters. The largest absolute Gasteiger partial charge is 0.386 e. The lowest BCUT2D eigenvalue weighted by Gasteiger charge is -2.18. The monoisotopic (exact) mass is 404 g/mol. The number of carbonyl (C=O) groups excluding carboxylic acids is 1. The van der Waals surface area contributed by atoms with Crippen LogP contribution in [0, 0.1) is 18.6 Å². The summed E-state index contributed by atoms with van der Waals surface area (Å²) in [5.41, 5.74) is 3.91. The quantitative estimate of drug-likeness (QED) is 0.599. The maximum Gasteiger partial charge on any atom is 0.251 e. The number of thiophene rings is 1. The molecule has 0 aliphatic heterocycles. The van der Waals surface area contributed by atoms with Crippen LogP contribution in [0.3, 0.4) is 0 Å². The molecule has 0 saturated carbocycles. The molecule has 0 saturated heterocycles. The number of amides is 1. The number of nitrogens with two attached hydrogens (primary N) is 1. The van der Waals surface area contributed by atoms with Crippen LogP contribution in [0.4, 0.5) is 19.6 Å². The second-order valence-electron chi connectivity index (χ2n) is 6.71. The van der Waals surface area contributed by atoms with Crippen molar-refractivity contribution in [1.82, 2.24) is 9.97 Å². The van der Waals surface area contributed by atoms with Gasteiger partial charge < -0.3 is 16.2 Å². The molecule has 28 heavy (non-hydrogen) atoms. The Morgan fingerprint density at radius 3 is 2.43 bits per heavy atom. The first kappa shape index (κ1) is 19.8. The number of aromatic nitrogens is 2. The third kappa shape index (κ3) is 4.00. The number of halogens is 2. The lowest BCUT2D eigenvalue weighted by molar-refractivity contribution is 0.0778. The molecule has 1 amide bonds. The number of anilines is 2. The summed E-state index contributed by atoms with van der Waals surface area (Å²) < 4.78 is 29.3. The summed E-state index contributed by atoms with van der Waals surface area (Å²) in [6.45, 7) is 4.57. The molecule has 9 heteroatoms. The van der Waals surface area contributed by atoms with Crippen molar-refractivity contribution in [2.45, 2.75) is 26.4 Å². The number of rotatable bonds is 5. The zero-order valence-corrected chi connectivity index (χ0v) is 16.2. The van der Waals surface area contributed by atoms with Gasteiger partial charge in [0, 0.05) is 11.1 Å². The first-order chi connectivity index (χ1) is 13.1. The Morgan fingerprint density at radius 1 is 1.25 bits per heavy atom. The topological polar surface area (TPSA) is 101 Å². The average Bonchev–Trinajstić information content (AvgIpc) is 2.97. The highest BCUT2D eigenvalue weighted by Gasteiger charge is 2.24. The van der Waals surface area contributed by atoms with Gasteiger partial charge in [0.1, 0.15) is 28.3 Å². The van der Waals surface area contributed by atoms with E-state index in [9.17, 15) is 18.7 Å². The summed E-state index contributed by atoms with van der Waals surface area (Å²) in [5, 5.41) is 13.2. The van der Waals surface area contributed by atoms with Gasteiger partial charge in [-0.3, -0.25) is 4.79 Å². The van der Waals surface area contributed by atoms with Crippen molar-refractivity contribution in [2.24, 2.45) is 5.73 Å². The molecule has 0 aliphatic carbocycles. The van der Waals surface area contributed by atoms with Crippen molar-refractivity contribution in [3.8, 4) is 10.4 Å². The van der Waals surface area contributed by atoms with Crippen molar-refractivity contribution in [3.05, 3.63) is 59.0 Å². The van der Waals surface area contributed by atoms with Gasteiger partial charge in [0.25, 0.3) is 5.91 Å². The Labute approximate surface area is 164 Å². The maximum atomic E-state index is 14.6. The SMILES string of the molecule is Cc1nccc(Nc2sc(-c3c(F)cc(C(C)(C)O)cc3F)cc2C(N)=O)n1. The first-order valence-electron chi connectivity index (χ1n) is 8.29. The fourth-order valence-corrected chi connectivity index (χ4v) is 3.71. The van der Waals surface area contributed by atoms with Crippen molar-refractivity contribution < 1.29 is 18.7 Å². The van der Waals surface area contributed by atoms with Crippen LogP contribution in [0.5, 0.6) is 0 Å². The smallest absolute Gasteiger partial charge is 0.251 e. The number of aliphatic hydroxyl groups is 1. The number of primary amides is 1. The fraction of sp³-hybridized carbons (Fsp3) is 0.211. The summed E-state index contributed by atoms with van der Waals surface area (Å²) in [5.74, 6) is -1.51.